The van der Waals surface area contributed by atoms with Gasteiger partial charge in [0.05, 0.1) is 23.1 Å². The van der Waals surface area contributed by atoms with Gasteiger partial charge in [0.2, 0.25) is 5.91 Å². The molecule has 4 heteroatoms. The fourth-order valence-corrected chi connectivity index (χ4v) is 3.79. The second kappa shape index (κ2) is 6.16. The summed E-state index contributed by atoms with van der Waals surface area (Å²) in [5.41, 5.74) is 11.5. The van der Waals surface area contributed by atoms with E-state index in [4.69, 9.17) is 10.7 Å². The third kappa shape index (κ3) is 2.93. The number of carbonyl (C=O) groups is 1. The Bertz CT molecular complexity index is 1190. The van der Waals surface area contributed by atoms with E-state index in [1.54, 1.807) is 0 Å². The molecule has 4 nitrogen and oxygen atoms in total. The van der Waals surface area contributed by atoms with Crippen molar-refractivity contribution in [2.24, 2.45) is 5.73 Å². The number of amides is 1. The molecular formula is C23H19N3O. The second-order valence-electron chi connectivity index (χ2n) is 7.25. The molecule has 1 saturated carbocycles. The number of primary amides is 1. The first kappa shape index (κ1) is 15.9. The van der Waals surface area contributed by atoms with Crippen molar-refractivity contribution in [3.8, 4) is 11.3 Å². The summed E-state index contributed by atoms with van der Waals surface area (Å²) in [5.74, 6) is 0.269. The number of fused-ring (bicyclic) bond motifs is 2. The molecule has 0 atom stereocenters. The highest BCUT2D eigenvalue weighted by molar-refractivity contribution is 5.95. The number of para-hydroxylation sites is 1. The van der Waals surface area contributed by atoms with Crippen molar-refractivity contribution in [2.45, 2.75) is 25.2 Å². The van der Waals surface area contributed by atoms with Gasteiger partial charge in [-0.3, -0.25) is 9.78 Å². The van der Waals surface area contributed by atoms with Crippen LogP contribution in [0.4, 0.5) is 0 Å². The lowest BCUT2D eigenvalue weighted by molar-refractivity contribution is -0.117. The van der Waals surface area contributed by atoms with Crippen molar-refractivity contribution in [3.63, 3.8) is 0 Å². The van der Waals surface area contributed by atoms with E-state index in [-0.39, 0.29) is 12.3 Å². The van der Waals surface area contributed by atoms with Gasteiger partial charge in [0.1, 0.15) is 0 Å². The summed E-state index contributed by atoms with van der Waals surface area (Å²) in [6, 6.07) is 18.5. The Hall–Kier alpha value is -3.27. The molecule has 1 aliphatic carbocycles. The van der Waals surface area contributed by atoms with Crippen LogP contribution in [0.1, 0.15) is 29.9 Å². The van der Waals surface area contributed by atoms with Crippen molar-refractivity contribution < 1.29 is 4.79 Å². The lowest BCUT2D eigenvalue weighted by Crippen LogP contribution is -2.13. The summed E-state index contributed by atoms with van der Waals surface area (Å²) in [6.07, 6.45) is 4.49. The number of benzene rings is 2. The molecule has 0 saturated heterocycles. The average molecular weight is 353 g/mol. The zero-order valence-corrected chi connectivity index (χ0v) is 14.9. The first-order valence-electron chi connectivity index (χ1n) is 9.25. The van der Waals surface area contributed by atoms with Crippen molar-refractivity contribution >= 4 is 27.7 Å². The molecular weight excluding hydrogens is 334 g/mol. The summed E-state index contributed by atoms with van der Waals surface area (Å²) in [5, 5.41) is 2.27. The first-order valence-corrected chi connectivity index (χ1v) is 9.25. The zero-order valence-electron chi connectivity index (χ0n) is 14.9. The van der Waals surface area contributed by atoms with Gasteiger partial charge in [0.25, 0.3) is 0 Å². The van der Waals surface area contributed by atoms with Crippen LogP contribution >= 0.6 is 0 Å². The Kier molecular flexibility index (Phi) is 3.64. The highest BCUT2D eigenvalue weighted by Crippen LogP contribution is 2.44. The van der Waals surface area contributed by atoms with E-state index < -0.39 is 0 Å². The van der Waals surface area contributed by atoms with Gasteiger partial charge < -0.3 is 5.73 Å². The van der Waals surface area contributed by atoms with Gasteiger partial charge in [-0.2, -0.15) is 0 Å². The van der Waals surface area contributed by atoms with E-state index >= 15 is 0 Å². The number of pyridine rings is 2. The normalized spacial score (nSPS) is 13.9. The molecule has 4 aromatic rings. The van der Waals surface area contributed by atoms with E-state index in [1.165, 1.54) is 23.8 Å². The quantitative estimate of drug-likeness (QED) is 0.593. The maximum Gasteiger partial charge on any atom is 0.221 e. The van der Waals surface area contributed by atoms with Crippen LogP contribution in [0, 0.1) is 0 Å². The van der Waals surface area contributed by atoms with Gasteiger partial charge in [0.15, 0.2) is 0 Å². The van der Waals surface area contributed by atoms with Crippen LogP contribution in [-0.4, -0.2) is 15.9 Å². The molecule has 2 N–H and O–H groups in total. The third-order valence-corrected chi connectivity index (χ3v) is 5.21. The molecule has 132 valence electrons. The topological polar surface area (TPSA) is 68.9 Å². The van der Waals surface area contributed by atoms with Crippen LogP contribution in [0.3, 0.4) is 0 Å². The van der Waals surface area contributed by atoms with Crippen molar-refractivity contribution in [1.29, 1.82) is 0 Å². The van der Waals surface area contributed by atoms with E-state index in [0.717, 1.165) is 33.2 Å². The molecule has 0 aliphatic heterocycles. The van der Waals surface area contributed by atoms with E-state index in [9.17, 15) is 4.79 Å². The average Bonchev–Trinajstić information content (AvgIpc) is 3.51. The number of hydrogen-bond donors (Lipinski definition) is 1. The third-order valence-electron chi connectivity index (χ3n) is 5.21. The molecule has 0 radical (unpaired) electrons. The lowest BCUT2D eigenvalue weighted by atomic mass is 9.98. The minimum Gasteiger partial charge on any atom is -0.369 e. The van der Waals surface area contributed by atoms with Gasteiger partial charge in [-0.15, -0.1) is 0 Å². The maximum absolute atomic E-state index is 11.3. The fourth-order valence-electron chi connectivity index (χ4n) is 3.79. The molecule has 0 bridgehead atoms. The Morgan fingerprint density at radius 2 is 1.93 bits per heavy atom. The smallest absolute Gasteiger partial charge is 0.221 e. The van der Waals surface area contributed by atoms with Crippen LogP contribution in [0.2, 0.25) is 0 Å². The zero-order chi connectivity index (χ0) is 18.4. The van der Waals surface area contributed by atoms with Gasteiger partial charge in [0, 0.05) is 22.5 Å². The number of rotatable bonds is 4. The minimum atomic E-state index is -0.328. The summed E-state index contributed by atoms with van der Waals surface area (Å²) in [6.45, 7) is 0. The monoisotopic (exact) mass is 353 g/mol. The Balaban J connectivity index is 1.75. The van der Waals surface area contributed by atoms with Crippen molar-refractivity contribution in [3.05, 3.63) is 71.9 Å². The van der Waals surface area contributed by atoms with Gasteiger partial charge in [-0.25, -0.2) is 4.98 Å². The van der Waals surface area contributed by atoms with Crippen LogP contribution in [0.25, 0.3) is 33.1 Å². The number of nitrogens with zero attached hydrogens (tertiary/aromatic N) is 2. The van der Waals surface area contributed by atoms with E-state index in [1.807, 2.05) is 30.5 Å². The summed E-state index contributed by atoms with van der Waals surface area (Å²) in [7, 11) is 0. The van der Waals surface area contributed by atoms with E-state index in [2.05, 4.69) is 35.3 Å². The summed E-state index contributed by atoms with van der Waals surface area (Å²) >= 11 is 0. The van der Waals surface area contributed by atoms with Gasteiger partial charge in [-0.1, -0.05) is 36.4 Å². The molecule has 2 aromatic heterocycles. The SMILES string of the molecule is NC(=O)Cc1ccc2c(C3CC3)cc(-c3cccc4cccnc34)nc2c1. The lowest BCUT2D eigenvalue weighted by Gasteiger charge is -2.12. The fraction of sp³-hybridized carbons (Fsp3) is 0.174. The predicted molar refractivity (Wildman–Crippen MR) is 107 cm³/mol. The first-order chi connectivity index (χ1) is 13.2. The van der Waals surface area contributed by atoms with Crippen molar-refractivity contribution in [2.75, 3.05) is 0 Å². The summed E-state index contributed by atoms with van der Waals surface area (Å²) in [4.78, 5) is 20.8. The number of aromatic nitrogens is 2. The highest BCUT2D eigenvalue weighted by atomic mass is 16.1. The number of carbonyl (C=O) groups excluding carboxylic acids is 1. The summed E-state index contributed by atoms with van der Waals surface area (Å²) < 4.78 is 0. The molecule has 0 spiro atoms. The van der Waals surface area contributed by atoms with Crippen LogP contribution in [-0.2, 0) is 11.2 Å². The standard InChI is InChI=1S/C23H19N3O/c24-22(27)12-14-6-9-17-19(15-7-8-15)13-21(26-20(17)11-14)18-5-1-3-16-4-2-10-25-23(16)18/h1-6,9-11,13,15H,7-8,12H2,(H2,24,27). The van der Waals surface area contributed by atoms with Crippen LogP contribution in [0.15, 0.2) is 60.8 Å². The largest absolute Gasteiger partial charge is 0.369 e. The van der Waals surface area contributed by atoms with Crippen LogP contribution in [0.5, 0.6) is 0 Å². The Morgan fingerprint density at radius 1 is 1.07 bits per heavy atom. The minimum absolute atomic E-state index is 0.233. The predicted octanol–water partition coefficient (Wildman–Crippen LogP) is 4.36. The molecule has 0 unspecified atom stereocenters. The Labute approximate surface area is 157 Å². The Morgan fingerprint density at radius 3 is 2.74 bits per heavy atom. The van der Waals surface area contributed by atoms with Gasteiger partial charge >= 0.3 is 0 Å². The van der Waals surface area contributed by atoms with Gasteiger partial charge in [-0.05, 0) is 48.1 Å². The van der Waals surface area contributed by atoms with Crippen LogP contribution < -0.4 is 5.73 Å². The highest BCUT2D eigenvalue weighted by Gasteiger charge is 2.26. The number of hydrogen-bond acceptors (Lipinski definition) is 3. The molecule has 1 fully saturated rings. The molecule has 27 heavy (non-hydrogen) atoms. The molecule has 5 rings (SSSR count). The second-order valence-corrected chi connectivity index (χ2v) is 7.25. The van der Waals surface area contributed by atoms with E-state index in [0.29, 0.717) is 5.92 Å². The number of nitrogens with two attached hydrogens (primary N) is 1. The van der Waals surface area contributed by atoms with Crippen molar-refractivity contribution in [1.82, 2.24) is 9.97 Å². The molecule has 1 amide bonds. The molecule has 2 aromatic carbocycles. The maximum atomic E-state index is 11.3. The molecule has 2 heterocycles. The molecule has 1 aliphatic rings.